The van der Waals surface area contributed by atoms with Gasteiger partial charge in [-0.1, -0.05) is 0 Å². The first kappa shape index (κ1) is 10.8. The summed E-state index contributed by atoms with van der Waals surface area (Å²) in [5, 5.41) is 0. The molecule has 0 saturated heterocycles. The summed E-state index contributed by atoms with van der Waals surface area (Å²) in [7, 11) is 0. The predicted molar refractivity (Wildman–Crippen MR) is 21.0 cm³/mol. The number of hydrogen-bond acceptors (Lipinski definition) is 0. The first-order valence-corrected chi connectivity index (χ1v) is 10.2. The average molecular weight is 459 g/mol. The third-order valence-corrected chi connectivity index (χ3v) is 6.20. The van der Waals surface area contributed by atoms with Crippen molar-refractivity contribution in [3.05, 3.63) is 0 Å². The Bertz CT molecular complexity index is 13.0. The molecule has 0 bridgehead atoms. The summed E-state index contributed by atoms with van der Waals surface area (Å²) in [5.41, 5.74) is 0. The van der Waals surface area contributed by atoms with Crippen LogP contribution in [-0.2, 0) is 52.2 Å². The Morgan fingerprint density at radius 3 is 1.50 bits per heavy atom. The van der Waals surface area contributed by atoms with Crippen molar-refractivity contribution in [1.82, 2.24) is 0 Å². The molecule has 0 aliphatic carbocycles. The Labute approximate surface area is 73.0 Å². The van der Waals surface area contributed by atoms with Crippen LogP contribution in [0.2, 0.25) is 7.86 Å². The van der Waals surface area contributed by atoms with Crippen molar-refractivity contribution in [2.24, 2.45) is 0 Å². The Balaban J connectivity index is 0. The van der Waals surface area contributed by atoms with Gasteiger partial charge >= 0.3 is 46.3 Å². The molecule has 0 atom stereocenters. The second-order valence-electron chi connectivity index (χ2n) is 1.35. The fourth-order valence-electron chi connectivity index (χ4n) is 0.354. The van der Waals surface area contributed by atoms with E-state index < -0.39 is 0 Å². The van der Waals surface area contributed by atoms with Gasteiger partial charge < -0.3 is 0 Å². The third-order valence-electron chi connectivity index (χ3n) is 0.707. The van der Waals surface area contributed by atoms with Crippen molar-refractivity contribution in [2.75, 3.05) is 0 Å². The van der Waals surface area contributed by atoms with Gasteiger partial charge in [-0.2, -0.15) is 0 Å². The molecule has 0 fully saturated rings. The molecule has 0 radical (unpaired) electrons. The Kier molecular flexibility index (Phi) is 17.9. The molecule has 0 nitrogen and oxygen atoms in total. The summed E-state index contributed by atoms with van der Waals surface area (Å²) in [4.78, 5) is 0. The molecule has 0 aromatic rings. The van der Waals surface area contributed by atoms with E-state index in [0.29, 0.717) is 0 Å². The molecule has 0 aliphatic heterocycles. The van der Waals surface area contributed by atoms with Crippen LogP contribution in [0, 0.1) is 0 Å². The van der Waals surface area contributed by atoms with E-state index in [1.807, 2.05) is 0 Å². The maximum absolute atomic E-state index is 2.31. The van der Waals surface area contributed by atoms with Crippen molar-refractivity contribution in [1.29, 1.82) is 0 Å². The first-order valence-electron chi connectivity index (χ1n) is 2.41. The van der Waals surface area contributed by atoms with Gasteiger partial charge in [0.25, 0.3) is 0 Å². The van der Waals surface area contributed by atoms with Gasteiger partial charge in [-0.25, -0.2) is 0 Å². The van der Waals surface area contributed by atoms with Crippen LogP contribution in [0.15, 0.2) is 0 Å². The summed E-state index contributed by atoms with van der Waals surface area (Å²) >= 11 is -0.142. The van der Waals surface area contributed by atoms with Crippen LogP contribution in [-0.4, -0.2) is 0 Å². The fraction of sp³-hybridized carbons (Fsp3) is 1.00. The van der Waals surface area contributed by atoms with E-state index in [-0.39, 0.29) is 52.2 Å². The average Bonchev–Trinajstić information content (AvgIpc) is 1.41. The summed E-state index contributed by atoms with van der Waals surface area (Å²) in [6.07, 6.45) is 0. The summed E-state index contributed by atoms with van der Waals surface area (Å²) < 4.78 is 3.13. The molecule has 30 valence electrons. The zero-order valence-corrected chi connectivity index (χ0v) is 15.8. The monoisotopic (exact) mass is 462 g/mol. The topological polar surface area (TPSA) is 0 Å². The van der Waals surface area contributed by atoms with E-state index >= 15 is 0 Å². The minimum Gasteiger partial charge on any atom is 0 e. The van der Waals surface area contributed by atoms with Gasteiger partial charge in [0.2, 0.25) is 0 Å². The van der Waals surface area contributed by atoms with Crippen LogP contribution in [0.25, 0.3) is 0 Å². The minimum atomic E-state index is -0.142. The Hall–Kier alpha value is 1.87. The molecule has 0 aromatic carbocycles. The van der Waals surface area contributed by atoms with E-state index in [2.05, 4.69) is 13.8 Å². The van der Waals surface area contributed by atoms with Crippen LogP contribution < -0.4 is 0 Å². The SMILES string of the molecule is C[CH2][Hg][CH2]C.[Hg]. The van der Waals surface area contributed by atoms with Crippen molar-refractivity contribution >= 4 is 0 Å². The number of hydrogen-bond donors (Lipinski definition) is 0. The van der Waals surface area contributed by atoms with Gasteiger partial charge in [0.05, 0.1) is 0 Å². The normalized spacial score (nSPS) is 5.67. The molecule has 0 saturated carbocycles. The molecule has 0 rings (SSSR count). The van der Waals surface area contributed by atoms with Gasteiger partial charge in [-0.15, -0.1) is 0 Å². The first-order chi connectivity index (χ1) is 2.41. The van der Waals surface area contributed by atoms with Crippen molar-refractivity contribution in [3.8, 4) is 0 Å². The zero-order valence-electron chi connectivity index (χ0n) is 4.83. The van der Waals surface area contributed by atoms with Gasteiger partial charge in [0, 0.05) is 27.7 Å². The summed E-state index contributed by atoms with van der Waals surface area (Å²) in [6.45, 7) is 4.62. The van der Waals surface area contributed by atoms with Crippen molar-refractivity contribution < 1.29 is 52.2 Å². The summed E-state index contributed by atoms with van der Waals surface area (Å²) in [5.74, 6) is 0. The summed E-state index contributed by atoms with van der Waals surface area (Å²) in [6, 6.07) is 0. The molecule has 0 spiro atoms. The molecule has 6 heavy (non-hydrogen) atoms. The van der Waals surface area contributed by atoms with Gasteiger partial charge in [0.1, 0.15) is 0 Å². The van der Waals surface area contributed by atoms with Crippen LogP contribution in [0.3, 0.4) is 0 Å². The molecule has 0 amide bonds. The van der Waals surface area contributed by atoms with Crippen molar-refractivity contribution in [3.63, 3.8) is 0 Å². The zero-order chi connectivity index (χ0) is 4.12. The third kappa shape index (κ3) is 9.30. The molecule has 0 heterocycles. The molecule has 0 aliphatic rings. The second-order valence-corrected chi connectivity index (χ2v) is 11.9. The van der Waals surface area contributed by atoms with Gasteiger partial charge in [-0.05, 0) is 0 Å². The quantitative estimate of drug-likeness (QED) is 0.554. The van der Waals surface area contributed by atoms with Crippen LogP contribution in [0.4, 0.5) is 0 Å². The van der Waals surface area contributed by atoms with E-state index in [0.717, 1.165) is 0 Å². The minimum absolute atomic E-state index is 0. The van der Waals surface area contributed by atoms with Crippen LogP contribution in [0.1, 0.15) is 13.8 Å². The van der Waals surface area contributed by atoms with Gasteiger partial charge in [0.15, 0.2) is 0 Å². The number of rotatable bonds is 2. The largest absolute Gasteiger partial charge is 0 e. The standard InChI is InChI=1S/2C2H5.2Hg/c2*1-2;;/h2*1H2,2H3;;. The maximum atomic E-state index is 2.31. The van der Waals surface area contributed by atoms with E-state index in [1.165, 1.54) is 0 Å². The van der Waals surface area contributed by atoms with Crippen molar-refractivity contribution in [2.45, 2.75) is 21.7 Å². The Morgan fingerprint density at radius 1 is 1.17 bits per heavy atom. The van der Waals surface area contributed by atoms with E-state index in [9.17, 15) is 0 Å². The molecule has 0 unspecified atom stereocenters. The van der Waals surface area contributed by atoms with Crippen LogP contribution in [0.5, 0.6) is 0 Å². The van der Waals surface area contributed by atoms with Gasteiger partial charge in [-0.3, -0.25) is 0 Å². The molecular weight excluding hydrogens is 449 g/mol. The fourth-order valence-corrected chi connectivity index (χ4v) is 3.10. The Morgan fingerprint density at radius 2 is 1.50 bits per heavy atom. The molecule has 0 aromatic heterocycles. The maximum Gasteiger partial charge on any atom is 0 e. The van der Waals surface area contributed by atoms with E-state index in [4.69, 9.17) is 0 Å². The van der Waals surface area contributed by atoms with E-state index in [1.54, 1.807) is 7.86 Å². The smallest absolute Gasteiger partial charge is 0 e. The van der Waals surface area contributed by atoms with Crippen LogP contribution >= 0.6 is 0 Å². The molecule has 2 heteroatoms. The molecular formula is C4H10Hg2. The second kappa shape index (κ2) is 9.98. The molecule has 0 N–H and O–H groups in total. The predicted octanol–water partition coefficient (Wildman–Crippen LogP) is 1.94.